The van der Waals surface area contributed by atoms with Crippen LogP contribution >= 0.6 is 15.6 Å². The van der Waals surface area contributed by atoms with E-state index in [1.807, 2.05) is 0 Å². The maximum absolute atomic E-state index is 13.1. The second kappa shape index (κ2) is 73.2. The fraction of sp³-hybridized carbons (Fsp3) is 0.952. The molecule has 3 N–H and O–H groups in total. The Balaban J connectivity index is 5.24. The number of aliphatic hydroxyl groups excluding tert-OH is 1. The molecule has 19 heteroatoms. The van der Waals surface area contributed by atoms with E-state index in [2.05, 4.69) is 48.5 Å². The van der Waals surface area contributed by atoms with Crippen molar-refractivity contribution in [2.75, 3.05) is 39.6 Å². The number of esters is 4. The van der Waals surface area contributed by atoms with Gasteiger partial charge in [-0.3, -0.25) is 37.3 Å². The minimum atomic E-state index is -4.96. The van der Waals surface area contributed by atoms with Crippen molar-refractivity contribution in [2.24, 2.45) is 17.8 Å². The Morgan fingerprint density at radius 2 is 0.451 bits per heavy atom. The topological polar surface area (TPSA) is 237 Å². The van der Waals surface area contributed by atoms with Crippen molar-refractivity contribution in [3.8, 4) is 0 Å². The Morgan fingerprint density at radius 3 is 0.667 bits per heavy atom. The molecule has 606 valence electrons. The van der Waals surface area contributed by atoms with Crippen LogP contribution in [-0.2, 0) is 65.4 Å². The summed E-state index contributed by atoms with van der Waals surface area (Å²) in [5.74, 6) is 0.182. The summed E-state index contributed by atoms with van der Waals surface area (Å²) >= 11 is 0. The Morgan fingerprint density at radius 1 is 0.265 bits per heavy atom. The number of carbonyl (C=O) groups is 4. The molecular weight excluding hydrogens is 1330 g/mol. The van der Waals surface area contributed by atoms with Gasteiger partial charge in [0.25, 0.3) is 0 Å². The van der Waals surface area contributed by atoms with E-state index >= 15 is 0 Å². The van der Waals surface area contributed by atoms with Gasteiger partial charge in [0, 0.05) is 25.7 Å². The predicted molar refractivity (Wildman–Crippen MR) is 418 cm³/mol. The van der Waals surface area contributed by atoms with Gasteiger partial charge in [-0.15, -0.1) is 0 Å². The average molecular weight is 1490 g/mol. The van der Waals surface area contributed by atoms with Gasteiger partial charge in [0.15, 0.2) is 12.2 Å². The van der Waals surface area contributed by atoms with Crippen LogP contribution in [0.5, 0.6) is 0 Å². The van der Waals surface area contributed by atoms with E-state index in [1.54, 1.807) is 0 Å². The van der Waals surface area contributed by atoms with Crippen LogP contribution in [0, 0.1) is 17.8 Å². The summed E-state index contributed by atoms with van der Waals surface area (Å²) < 4.78 is 68.8. The molecule has 0 spiro atoms. The maximum atomic E-state index is 13.1. The molecule has 0 bridgehead atoms. The van der Waals surface area contributed by atoms with Gasteiger partial charge >= 0.3 is 39.5 Å². The van der Waals surface area contributed by atoms with Crippen molar-refractivity contribution in [1.29, 1.82) is 0 Å². The highest BCUT2D eigenvalue weighted by atomic mass is 31.2. The Labute approximate surface area is 626 Å². The van der Waals surface area contributed by atoms with Crippen molar-refractivity contribution < 1.29 is 80.2 Å². The molecule has 0 aliphatic rings. The normalized spacial score (nSPS) is 13.9. The van der Waals surface area contributed by atoms with E-state index in [9.17, 15) is 43.2 Å². The third-order valence-electron chi connectivity index (χ3n) is 19.4. The van der Waals surface area contributed by atoms with E-state index in [0.29, 0.717) is 31.6 Å². The second-order valence-corrected chi connectivity index (χ2v) is 34.2. The number of phosphoric ester groups is 2. The number of rotatable bonds is 81. The number of ether oxygens (including phenoxy) is 4. The molecule has 0 amide bonds. The molecule has 0 radical (unpaired) electrons. The fourth-order valence-electron chi connectivity index (χ4n) is 12.8. The third kappa shape index (κ3) is 76.3. The van der Waals surface area contributed by atoms with Crippen molar-refractivity contribution in [1.82, 2.24) is 0 Å². The summed E-state index contributed by atoms with van der Waals surface area (Å²) in [6.45, 7) is 11.9. The molecule has 5 atom stereocenters. The molecule has 0 rings (SSSR count). The van der Waals surface area contributed by atoms with Gasteiger partial charge in [-0.25, -0.2) is 9.13 Å². The van der Waals surface area contributed by atoms with E-state index in [4.69, 9.17) is 37.0 Å². The SMILES string of the molecule is CCCCCCCCCCCCCCCCCCCCCC(=O)O[C@H](COC(=O)CCCCCCCCCCCCCCCCC(C)C)COP(=O)(O)OC[C@@H](O)COP(=O)(O)OC[C@@H](COC(=O)CCCCCCCCCC(C)C)OC(=O)CCCCCCCCCCCCCCCC(C)C. The van der Waals surface area contributed by atoms with E-state index in [-0.39, 0.29) is 25.7 Å². The lowest BCUT2D eigenvalue weighted by Crippen LogP contribution is -2.30. The average Bonchev–Trinajstić information content (AvgIpc) is 0.939. The van der Waals surface area contributed by atoms with E-state index in [0.717, 1.165) is 108 Å². The molecule has 0 aromatic rings. The quantitative estimate of drug-likeness (QED) is 0.0222. The highest BCUT2D eigenvalue weighted by Gasteiger charge is 2.30. The smallest absolute Gasteiger partial charge is 0.462 e. The van der Waals surface area contributed by atoms with E-state index < -0.39 is 97.5 Å². The maximum Gasteiger partial charge on any atom is 0.472 e. The zero-order chi connectivity index (χ0) is 75.1. The first kappa shape index (κ1) is 100. The molecular formula is C83H162O17P2. The molecule has 0 saturated carbocycles. The molecule has 0 saturated heterocycles. The zero-order valence-electron chi connectivity index (χ0n) is 67.1. The Hall–Kier alpha value is -1.94. The van der Waals surface area contributed by atoms with E-state index in [1.165, 1.54) is 238 Å². The monoisotopic (exact) mass is 1490 g/mol. The van der Waals surface area contributed by atoms with Crippen molar-refractivity contribution in [2.45, 2.75) is 452 Å². The number of hydrogen-bond acceptors (Lipinski definition) is 15. The summed E-state index contributed by atoms with van der Waals surface area (Å²) in [7, 11) is -9.92. The lowest BCUT2D eigenvalue weighted by atomic mass is 10.0. The van der Waals surface area contributed by atoms with Gasteiger partial charge < -0.3 is 33.8 Å². The summed E-state index contributed by atoms with van der Waals surface area (Å²) in [4.78, 5) is 73.1. The van der Waals surface area contributed by atoms with Crippen molar-refractivity contribution in [3.63, 3.8) is 0 Å². The zero-order valence-corrected chi connectivity index (χ0v) is 68.9. The van der Waals surface area contributed by atoms with Crippen molar-refractivity contribution >= 4 is 39.5 Å². The first-order valence-electron chi connectivity index (χ1n) is 42.8. The standard InChI is InChI=1S/C83H162O17P2/c1-8-9-10-11-12-13-14-15-16-17-18-19-20-27-32-37-44-52-59-66-82(87)99-78(70-93-80(85)64-57-50-43-36-31-26-22-21-24-29-34-40-47-54-61-74(2)3)72-97-101(89,90)95-68-77(84)69-96-102(91,92)98-73-79(71-94-81(86)65-58-51-46-39-42-49-56-63-76(6)7)100-83(88)67-60-53-45-38-33-28-23-25-30-35-41-48-55-62-75(4)5/h74-79,84H,8-73H2,1-7H3,(H,89,90)(H,91,92)/t77-,78-,79-/m1/s1. The van der Waals surface area contributed by atoms with Gasteiger partial charge in [0.05, 0.1) is 26.4 Å². The van der Waals surface area contributed by atoms with Gasteiger partial charge in [0.2, 0.25) is 0 Å². The largest absolute Gasteiger partial charge is 0.472 e. The van der Waals surface area contributed by atoms with Gasteiger partial charge in [0.1, 0.15) is 19.3 Å². The van der Waals surface area contributed by atoms with Crippen LogP contribution < -0.4 is 0 Å². The Bertz CT molecular complexity index is 1970. The van der Waals surface area contributed by atoms with Gasteiger partial charge in [-0.05, 0) is 43.4 Å². The summed E-state index contributed by atoms with van der Waals surface area (Å²) in [6, 6.07) is 0. The molecule has 17 nitrogen and oxygen atoms in total. The first-order valence-corrected chi connectivity index (χ1v) is 45.8. The predicted octanol–water partition coefficient (Wildman–Crippen LogP) is 24.9. The molecule has 0 aromatic carbocycles. The van der Waals surface area contributed by atoms with Crippen LogP contribution in [0.15, 0.2) is 0 Å². The molecule has 2 unspecified atom stereocenters. The number of hydrogen-bond donors (Lipinski definition) is 3. The molecule has 0 fully saturated rings. The van der Waals surface area contributed by atoms with Crippen LogP contribution in [0.2, 0.25) is 0 Å². The lowest BCUT2D eigenvalue weighted by molar-refractivity contribution is -0.161. The second-order valence-electron chi connectivity index (χ2n) is 31.3. The molecule has 102 heavy (non-hydrogen) atoms. The van der Waals surface area contributed by atoms with Gasteiger partial charge in [-0.1, -0.05) is 382 Å². The number of aliphatic hydroxyl groups is 1. The Kier molecular flexibility index (Phi) is 71.8. The summed E-state index contributed by atoms with van der Waals surface area (Å²) in [5, 5.41) is 10.7. The number of carbonyl (C=O) groups excluding carboxylic acids is 4. The minimum absolute atomic E-state index is 0.106. The molecule has 0 aliphatic heterocycles. The molecule has 0 aliphatic carbocycles. The summed E-state index contributed by atoms with van der Waals surface area (Å²) in [5.41, 5.74) is 0. The van der Waals surface area contributed by atoms with Crippen LogP contribution in [0.3, 0.4) is 0 Å². The lowest BCUT2D eigenvalue weighted by Gasteiger charge is -2.21. The highest BCUT2D eigenvalue weighted by Crippen LogP contribution is 2.45. The third-order valence-corrected chi connectivity index (χ3v) is 21.3. The first-order chi connectivity index (χ1) is 49.2. The van der Waals surface area contributed by atoms with Crippen LogP contribution in [0.4, 0.5) is 0 Å². The summed E-state index contributed by atoms with van der Waals surface area (Å²) in [6.07, 6.45) is 62.5. The van der Waals surface area contributed by atoms with Gasteiger partial charge in [-0.2, -0.15) is 0 Å². The minimum Gasteiger partial charge on any atom is -0.462 e. The van der Waals surface area contributed by atoms with Crippen LogP contribution in [0.25, 0.3) is 0 Å². The highest BCUT2D eigenvalue weighted by molar-refractivity contribution is 7.47. The van der Waals surface area contributed by atoms with Crippen molar-refractivity contribution in [3.05, 3.63) is 0 Å². The number of phosphoric acid groups is 2. The molecule has 0 aromatic heterocycles. The van der Waals surface area contributed by atoms with Crippen LogP contribution in [0.1, 0.15) is 434 Å². The molecule has 0 heterocycles. The van der Waals surface area contributed by atoms with Crippen LogP contribution in [-0.4, -0.2) is 96.7 Å². The number of unbranched alkanes of at least 4 members (excludes halogenated alkanes) is 49. The fourth-order valence-corrected chi connectivity index (χ4v) is 14.4.